The lowest BCUT2D eigenvalue weighted by molar-refractivity contribution is -0.134. The minimum Gasteiger partial charge on any atom is -0.298 e. The van der Waals surface area contributed by atoms with Crippen LogP contribution in [-0.2, 0) is 4.79 Å². The van der Waals surface area contributed by atoms with Crippen LogP contribution in [-0.4, -0.2) is 12.5 Å². The van der Waals surface area contributed by atoms with E-state index in [2.05, 4.69) is 6.58 Å². The maximum atomic E-state index is 12.3. The molecule has 0 saturated heterocycles. The van der Waals surface area contributed by atoms with Crippen molar-refractivity contribution in [3.63, 3.8) is 0 Å². The molecule has 0 aliphatic rings. The van der Waals surface area contributed by atoms with Crippen molar-refractivity contribution in [2.75, 3.05) is 0 Å². The molecule has 0 aliphatic carbocycles. The third-order valence-corrected chi connectivity index (χ3v) is 3.51. The van der Waals surface area contributed by atoms with Gasteiger partial charge in [0.25, 0.3) is 0 Å². The maximum Gasteiger partial charge on any atom is 0.389 e. The van der Waals surface area contributed by atoms with E-state index in [0.29, 0.717) is 18.4 Å². The topological polar surface area (TPSA) is 17.1 Å². The molecule has 0 unspecified atom stereocenters. The number of carbonyl (C=O) groups excluding carboxylic acids is 1. The summed E-state index contributed by atoms with van der Waals surface area (Å²) in [5, 5.41) is 0. The Hall–Kier alpha value is -2.10. The van der Waals surface area contributed by atoms with Gasteiger partial charge < -0.3 is 0 Å². The summed E-state index contributed by atoms with van der Waals surface area (Å²) in [4.78, 5) is 10.9. The zero-order chi connectivity index (χ0) is 19.8. The van der Waals surface area contributed by atoms with E-state index >= 15 is 0 Å². The summed E-state index contributed by atoms with van der Waals surface area (Å²) in [5.74, 6) is 0. The van der Waals surface area contributed by atoms with Crippen LogP contribution in [0.5, 0.6) is 0 Å². The number of carbonyl (C=O) groups is 1. The van der Waals surface area contributed by atoms with E-state index < -0.39 is 12.6 Å². The standard InChI is InChI=1S/C22H29F3O/c1-4-6-12-21(18-26)15-14-19(3)11-8-7-9-13-20(10-5-2)16-17-22(23,24)25/h4,6,8,11-15,18H,3,5,7,9-10,16-17H2,1-2H3/b6-4+,11-8+,15-14-,20-13+,21-12+. The molecule has 0 rings (SSSR count). The van der Waals surface area contributed by atoms with Crippen molar-refractivity contribution < 1.29 is 18.0 Å². The smallest absolute Gasteiger partial charge is 0.298 e. The van der Waals surface area contributed by atoms with Crippen molar-refractivity contribution in [1.29, 1.82) is 0 Å². The molecular weight excluding hydrogens is 337 g/mol. The van der Waals surface area contributed by atoms with Crippen LogP contribution in [0.25, 0.3) is 0 Å². The first-order valence-electron chi connectivity index (χ1n) is 8.88. The van der Waals surface area contributed by atoms with Crippen LogP contribution in [0.4, 0.5) is 13.2 Å². The highest BCUT2D eigenvalue weighted by atomic mass is 19.4. The van der Waals surface area contributed by atoms with Crippen LogP contribution in [0.15, 0.2) is 71.9 Å². The summed E-state index contributed by atoms with van der Waals surface area (Å²) < 4.78 is 37.0. The lowest BCUT2D eigenvalue weighted by atomic mass is 10.0. The largest absolute Gasteiger partial charge is 0.389 e. The monoisotopic (exact) mass is 366 g/mol. The highest BCUT2D eigenvalue weighted by Crippen LogP contribution is 2.25. The molecule has 0 saturated carbocycles. The molecular formula is C22H29F3O. The van der Waals surface area contributed by atoms with Gasteiger partial charge >= 0.3 is 6.18 Å². The van der Waals surface area contributed by atoms with Crippen LogP contribution in [0.1, 0.15) is 52.4 Å². The molecule has 0 aromatic carbocycles. The Balaban J connectivity index is 4.45. The van der Waals surface area contributed by atoms with Gasteiger partial charge in [-0.3, -0.25) is 4.79 Å². The molecule has 0 spiro atoms. The normalized spacial score (nSPS) is 14.0. The second-order valence-electron chi connectivity index (χ2n) is 5.93. The summed E-state index contributed by atoms with van der Waals surface area (Å²) in [5.41, 5.74) is 2.18. The van der Waals surface area contributed by atoms with Crippen molar-refractivity contribution in [3.8, 4) is 0 Å². The van der Waals surface area contributed by atoms with E-state index in [1.165, 1.54) is 0 Å². The molecule has 0 atom stereocenters. The number of halogens is 3. The van der Waals surface area contributed by atoms with Gasteiger partial charge in [-0.25, -0.2) is 0 Å². The number of allylic oxidation sites excluding steroid dienone is 11. The summed E-state index contributed by atoms with van der Waals surface area (Å²) in [6, 6.07) is 0. The Morgan fingerprint density at radius 3 is 2.38 bits per heavy atom. The molecule has 0 aromatic heterocycles. The van der Waals surface area contributed by atoms with Gasteiger partial charge in [0, 0.05) is 12.0 Å². The molecule has 0 radical (unpaired) electrons. The molecule has 26 heavy (non-hydrogen) atoms. The first kappa shape index (κ1) is 23.9. The Labute approximate surface area is 155 Å². The summed E-state index contributed by atoms with van der Waals surface area (Å²) in [6.45, 7) is 7.72. The maximum absolute atomic E-state index is 12.3. The van der Waals surface area contributed by atoms with E-state index in [0.717, 1.165) is 30.3 Å². The highest BCUT2D eigenvalue weighted by Gasteiger charge is 2.26. The summed E-state index contributed by atoms with van der Waals surface area (Å²) >= 11 is 0. The molecule has 0 fully saturated rings. The fourth-order valence-corrected chi connectivity index (χ4v) is 2.17. The third-order valence-electron chi connectivity index (χ3n) is 3.51. The van der Waals surface area contributed by atoms with Crippen LogP contribution in [0, 0.1) is 0 Å². The second kappa shape index (κ2) is 14.1. The van der Waals surface area contributed by atoms with Crippen molar-refractivity contribution in [2.45, 2.75) is 58.5 Å². The molecule has 0 bridgehead atoms. The minimum absolute atomic E-state index is 0.0868. The Morgan fingerprint density at radius 2 is 1.81 bits per heavy atom. The van der Waals surface area contributed by atoms with E-state index in [4.69, 9.17) is 0 Å². The number of hydrogen-bond acceptors (Lipinski definition) is 1. The molecule has 0 aliphatic heterocycles. The molecule has 0 heterocycles. The molecule has 0 aromatic rings. The molecule has 0 N–H and O–H groups in total. The zero-order valence-electron chi connectivity index (χ0n) is 15.7. The number of hydrogen-bond donors (Lipinski definition) is 0. The van der Waals surface area contributed by atoms with Crippen LogP contribution >= 0.6 is 0 Å². The quantitative estimate of drug-likeness (QED) is 0.117. The van der Waals surface area contributed by atoms with Crippen LogP contribution in [0.2, 0.25) is 0 Å². The van der Waals surface area contributed by atoms with Gasteiger partial charge in [0.15, 0.2) is 0 Å². The highest BCUT2D eigenvalue weighted by molar-refractivity contribution is 5.78. The fourth-order valence-electron chi connectivity index (χ4n) is 2.17. The SMILES string of the molecule is C=C(\C=C/C(C=O)=C\C=C\C)/C=C/CC/C=C(\CCC)CCC(F)(F)F. The molecule has 1 nitrogen and oxygen atoms in total. The van der Waals surface area contributed by atoms with Gasteiger partial charge in [-0.2, -0.15) is 13.2 Å². The number of unbranched alkanes of at least 4 members (excludes halogenated alkanes) is 1. The average molecular weight is 366 g/mol. The predicted octanol–water partition coefficient (Wildman–Crippen LogP) is 7.21. The van der Waals surface area contributed by atoms with Gasteiger partial charge in [0.2, 0.25) is 0 Å². The van der Waals surface area contributed by atoms with Gasteiger partial charge in [0.05, 0.1) is 0 Å². The third kappa shape index (κ3) is 14.3. The minimum atomic E-state index is -4.10. The van der Waals surface area contributed by atoms with Crippen molar-refractivity contribution in [2.24, 2.45) is 0 Å². The Bertz CT molecular complexity index is 573. The average Bonchev–Trinajstić information content (AvgIpc) is 2.58. The molecule has 4 heteroatoms. The fraction of sp³-hybridized carbons (Fsp3) is 0.409. The lowest BCUT2D eigenvalue weighted by Gasteiger charge is -2.09. The van der Waals surface area contributed by atoms with Gasteiger partial charge in [-0.1, -0.05) is 74.1 Å². The first-order chi connectivity index (χ1) is 12.3. The Kier molecular flexibility index (Phi) is 13.0. The van der Waals surface area contributed by atoms with Gasteiger partial charge in [0.1, 0.15) is 6.29 Å². The second-order valence-corrected chi connectivity index (χ2v) is 5.93. The van der Waals surface area contributed by atoms with Crippen LogP contribution in [0.3, 0.4) is 0 Å². The summed E-state index contributed by atoms with van der Waals surface area (Å²) in [6.07, 6.45) is 13.5. The van der Waals surface area contributed by atoms with Gasteiger partial charge in [-0.05, 0) is 38.2 Å². The van der Waals surface area contributed by atoms with Gasteiger partial charge in [-0.15, -0.1) is 0 Å². The predicted molar refractivity (Wildman–Crippen MR) is 104 cm³/mol. The van der Waals surface area contributed by atoms with E-state index in [-0.39, 0.29) is 6.42 Å². The summed E-state index contributed by atoms with van der Waals surface area (Å²) in [7, 11) is 0. The number of rotatable bonds is 12. The number of aldehydes is 1. The van der Waals surface area contributed by atoms with Crippen LogP contribution < -0.4 is 0 Å². The van der Waals surface area contributed by atoms with Crippen molar-refractivity contribution in [3.05, 3.63) is 71.9 Å². The lowest BCUT2D eigenvalue weighted by Crippen LogP contribution is -2.07. The van der Waals surface area contributed by atoms with Crippen molar-refractivity contribution >= 4 is 6.29 Å². The van der Waals surface area contributed by atoms with E-state index in [1.54, 1.807) is 24.3 Å². The number of alkyl halides is 3. The van der Waals surface area contributed by atoms with Crippen molar-refractivity contribution in [1.82, 2.24) is 0 Å². The Morgan fingerprint density at radius 1 is 1.08 bits per heavy atom. The molecule has 144 valence electrons. The first-order valence-corrected chi connectivity index (χ1v) is 8.88. The zero-order valence-corrected chi connectivity index (χ0v) is 15.7. The van der Waals surface area contributed by atoms with E-state index in [9.17, 15) is 18.0 Å². The molecule has 0 amide bonds. The van der Waals surface area contributed by atoms with E-state index in [1.807, 2.05) is 38.2 Å².